The Labute approximate surface area is 189 Å². The average molecular weight is 484 g/mol. The predicted molar refractivity (Wildman–Crippen MR) is 125 cm³/mol. The molecule has 158 valence electrons. The molecule has 2 aromatic rings. The third-order valence-corrected chi connectivity index (χ3v) is 8.38. The quantitative estimate of drug-likeness (QED) is 0.710. The van der Waals surface area contributed by atoms with E-state index in [2.05, 4.69) is 10.3 Å². The molecule has 2 atom stereocenters. The number of carbonyl (C=O) groups excluding carboxylic acids is 1. The van der Waals surface area contributed by atoms with Crippen molar-refractivity contribution < 1.29 is 13.2 Å². The van der Waals surface area contributed by atoms with Gasteiger partial charge in [0.15, 0.2) is 15.0 Å². The first-order chi connectivity index (χ1) is 14.2. The van der Waals surface area contributed by atoms with Gasteiger partial charge in [-0.1, -0.05) is 47.1 Å². The van der Waals surface area contributed by atoms with Gasteiger partial charge >= 0.3 is 0 Å². The number of amidine groups is 1. The number of anilines is 2. The Morgan fingerprint density at radius 1 is 1.23 bits per heavy atom. The van der Waals surface area contributed by atoms with Gasteiger partial charge in [0, 0.05) is 21.4 Å². The molecule has 0 aliphatic carbocycles. The Morgan fingerprint density at radius 3 is 2.77 bits per heavy atom. The molecule has 10 heteroatoms. The number of thioether (sulfide) groups is 1. The normalized spacial score (nSPS) is 22.0. The molecule has 0 unspecified atom stereocenters. The van der Waals surface area contributed by atoms with E-state index in [1.165, 1.54) is 11.8 Å². The van der Waals surface area contributed by atoms with Gasteiger partial charge in [-0.15, -0.1) is 0 Å². The van der Waals surface area contributed by atoms with Gasteiger partial charge in [0.25, 0.3) is 0 Å². The molecule has 1 N–H and O–H groups in total. The van der Waals surface area contributed by atoms with Crippen molar-refractivity contribution in [3.63, 3.8) is 0 Å². The number of nitrogens with zero attached hydrogens (tertiary/aromatic N) is 2. The van der Waals surface area contributed by atoms with Gasteiger partial charge in [0.2, 0.25) is 5.91 Å². The van der Waals surface area contributed by atoms with Crippen molar-refractivity contribution >= 4 is 67.3 Å². The van der Waals surface area contributed by atoms with Crippen molar-refractivity contribution in [3.8, 4) is 0 Å². The molecule has 0 saturated carbocycles. The fraction of sp³-hybridized carbons (Fsp3) is 0.300. The molecule has 6 nitrogen and oxygen atoms in total. The van der Waals surface area contributed by atoms with Crippen LogP contribution in [0.15, 0.2) is 47.5 Å². The van der Waals surface area contributed by atoms with Crippen molar-refractivity contribution in [3.05, 3.63) is 58.1 Å². The number of rotatable bonds is 4. The van der Waals surface area contributed by atoms with Crippen molar-refractivity contribution in [2.24, 2.45) is 4.99 Å². The molecule has 4 rings (SSSR count). The minimum absolute atomic E-state index is 0.0205. The number of hydrogen-bond acceptors (Lipinski definition) is 6. The van der Waals surface area contributed by atoms with Gasteiger partial charge in [-0.25, -0.2) is 8.42 Å². The Bertz CT molecular complexity index is 1140. The summed E-state index contributed by atoms with van der Waals surface area (Å²) < 4.78 is 24.2. The molecule has 0 spiro atoms. The van der Waals surface area contributed by atoms with E-state index >= 15 is 0 Å². The predicted octanol–water partition coefficient (Wildman–Crippen LogP) is 4.02. The van der Waals surface area contributed by atoms with Gasteiger partial charge in [-0.2, -0.15) is 0 Å². The van der Waals surface area contributed by atoms with E-state index in [1.54, 1.807) is 30.3 Å². The standard InChI is InChI=1S/C20H19Cl2N3O3S2/c1-12-15(22)6-3-7-16(12)23-19(26)9-29-20-24-17-10-30(27,28)11-18(17)25(20)14-5-2-4-13(21)8-14/h2-8,17-18H,9-11H2,1H3,(H,23,26)/t17-,18+/m0/s1. The zero-order chi connectivity index (χ0) is 21.5. The van der Waals surface area contributed by atoms with Crippen LogP contribution in [-0.2, 0) is 14.6 Å². The SMILES string of the molecule is Cc1c(Cl)cccc1NC(=O)CSC1=N[C@H]2CS(=O)(=O)C[C@H]2N1c1cccc(Cl)c1. The smallest absolute Gasteiger partial charge is 0.234 e. The molecule has 2 aromatic carbocycles. The molecule has 1 amide bonds. The maximum atomic E-state index is 12.5. The summed E-state index contributed by atoms with van der Waals surface area (Å²) in [5, 5.41) is 4.63. The van der Waals surface area contributed by atoms with Crippen LogP contribution in [0.4, 0.5) is 11.4 Å². The van der Waals surface area contributed by atoms with Gasteiger partial charge in [0.1, 0.15) is 0 Å². The summed E-state index contributed by atoms with van der Waals surface area (Å²) in [7, 11) is -3.14. The van der Waals surface area contributed by atoms with E-state index < -0.39 is 9.84 Å². The van der Waals surface area contributed by atoms with Crippen LogP contribution in [0.2, 0.25) is 10.0 Å². The second-order valence-corrected chi connectivity index (χ2v) is 11.2. The van der Waals surface area contributed by atoms with Crippen molar-refractivity contribution in [1.29, 1.82) is 0 Å². The first kappa shape index (κ1) is 21.5. The van der Waals surface area contributed by atoms with Gasteiger partial charge in [-0.3, -0.25) is 9.79 Å². The van der Waals surface area contributed by atoms with Crippen LogP contribution in [-0.4, -0.2) is 48.8 Å². The van der Waals surface area contributed by atoms with E-state index in [0.717, 1.165) is 11.3 Å². The number of amides is 1. The Morgan fingerprint density at radius 2 is 2.00 bits per heavy atom. The number of carbonyl (C=O) groups is 1. The summed E-state index contributed by atoms with van der Waals surface area (Å²) in [6.45, 7) is 1.84. The highest BCUT2D eigenvalue weighted by atomic mass is 35.5. The molecule has 0 bridgehead atoms. The lowest BCUT2D eigenvalue weighted by Gasteiger charge is -2.26. The molecule has 1 saturated heterocycles. The number of aliphatic imine (C=N–C) groups is 1. The van der Waals surface area contributed by atoms with Crippen LogP contribution in [0.5, 0.6) is 0 Å². The minimum Gasteiger partial charge on any atom is -0.325 e. The van der Waals surface area contributed by atoms with Gasteiger partial charge < -0.3 is 10.2 Å². The van der Waals surface area contributed by atoms with E-state index in [9.17, 15) is 13.2 Å². The second-order valence-electron chi connectivity index (χ2n) is 7.22. The molecule has 0 aromatic heterocycles. The van der Waals surface area contributed by atoms with Gasteiger partial charge in [-0.05, 0) is 42.8 Å². The minimum atomic E-state index is -3.14. The summed E-state index contributed by atoms with van der Waals surface area (Å²) >= 11 is 13.5. The van der Waals surface area contributed by atoms with Crippen molar-refractivity contribution in [2.75, 3.05) is 27.5 Å². The van der Waals surface area contributed by atoms with Crippen LogP contribution in [0.3, 0.4) is 0 Å². The molecule has 30 heavy (non-hydrogen) atoms. The maximum Gasteiger partial charge on any atom is 0.234 e. The molecule has 0 radical (unpaired) electrons. The largest absolute Gasteiger partial charge is 0.325 e. The zero-order valence-corrected chi connectivity index (χ0v) is 19.2. The molecule has 2 aliphatic heterocycles. The number of nitrogens with one attached hydrogen (secondary N) is 1. The number of hydrogen-bond donors (Lipinski definition) is 1. The third kappa shape index (κ3) is 4.46. The lowest BCUT2D eigenvalue weighted by Crippen LogP contribution is -2.39. The lowest BCUT2D eigenvalue weighted by molar-refractivity contribution is -0.113. The van der Waals surface area contributed by atoms with Crippen molar-refractivity contribution in [2.45, 2.75) is 19.0 Å². The molecule has 2 aliphatic rings. The Balaban J connectivity index is 1.51. The average Bonchev–Trinajstić information content (AvgIpc) is 3.14. The summed E-state index contributed by atoms with van der Waals surface area (Å²) in [6, 6.07) is 11.9. The summed E-state index contributed by atoms with van der Waals surface area (Å²) in [6.07, 6.45) is 0. The number of fused-ring (bicyclic) bond motifs is 1. The fourth-order valence-corrected chi connectivity index (χ4v) is 6.75. The monoisotopic (exact) mass is 483 g/mol. The van der Waals surface area contributed by atoms with E-state index in [-0.39, 0.29) is 35.2 Å². The number of halogens is 2. The maximum absolute atomic E-state index is 12.5. The topological polar surface area (TPSA) is 78.8 Å². The van der Waals surface area contributed by atoms with Crippen LogP contribution in [0.25, 0.3) is 0 Å². The number of sulfone groups is 1. The third-order valence-electron chi connectivity index (χ3n) is 5.07. The summed E-state index contributed by atoms with van der Waals surface area (Å²) in [5.41, 5.74) is 2.23. The summed E-state index contributed by atoms with van der Waals surface area (Å²) in [4.78, 5) is 19.0. The van der Waals surface area contributed by atoms with E-state index in [1.807, 2.05) is 24.0 Å². The second kappa shape index (κ2) is 8.42. The van der Waals surface area contributed by atoms with Crippen LogP contribution >= 0.6 is 35.0 Å². The first-order valence-corrected chi connectivity index (χ1v) is 12.8. The van der Waals surface area contributed by atoms with Crippen molar-refractivity contribution in [1.82, 2.24) is 0 Å². The zero-order valence-electron chi connectivity index (χ0n) is 16.0. The number of benzene rings is 2. The highest BCUT2D eigenvalue weighted by molar-refractivity contribution is 8.14. The first-order valence-electron chi connectivity index (χ1n) is 9.24. The van der Waals surface area contributed by atoms with Crippen LogP contribution < -0.4 is 10.2 Å². The highest BCUT2D eigenvalue weighted by Crippen LogP contribution is 2.36. The van der Waals surface area contributed by atoms with E-state index in [4.69, 9.17) is 23.2 Å². The highest BCUT2D eigenvalue weighted by Gasteiger charge is 2.47. The molecular formula is C20H19Cl2N3O3S2. The fourth-order valence-electron chi connectivity index (χ4n) is 3.62. The molecule has 1 fully saturated rings. The lowest BCUT2D eigenvalue weighted by atomic mass is 10.1. The van der Waals surface area contributed by atoms with Gasteiger partial charge in [0.05, 0.1) is 29.3 Å². The Hall–Kier alpha value is -1.74. The van der Waals surface area contributed by atoms with Crippen LogP contribution in [0, 0.1) is 6.92 Å². The Kier molecular flexibility index (Phi) is 6.03. The van der Waals surface area contributed by atoms with E-state index in [0.29, 0.717) is 20.9 Å². The molecule has 2 heterocycles. The van der Waals surface area contributed by atoms with Crippen LogP contribution in [0.1, 0.15) is 5.56 Å². The summed E-state index contributed by atoms with van der Waals surface area (Å²) in [5.74, 6) is -0.00404. The molecular weight excluding hydrogens is 465 g/mol.